The van der Waals surface area contributed by atoms with Crippen molar-refractivity contribution in [3.8, 4) is 28.0 Å². The van der Waals surface area contributed by atoms with Gasteiger partial charge in [0.25, 0.3) is 0 Å². The molecule has 228 valence electrons. The van der Waals surface area contributed by atoms with Gasteiger partial charge >= 0.3 is 18.2 Å². The van der Waals surface area contributed by atoms with Crippen LogP contribution in [0.2, 0.25) is 0 Å². The summed E-state index contributed by atoms with van der Waals surface area (Å²) in [5.74, 6) is -10.7. The Morgan fingerprint density at radius 1 is 0.727 bits per heavy atom. The van der Waals surface area contributed by atoms with Crippen molar-refractivity contribution in [3.63, 3.8) is 0 Å². The van der Waals surface area contributed by atoms with E-state index in [1.165, 1.54) is 0 Å². The molecule has 0 unspecified atom stereocenters. The Kier molecular flexibility index (Phi) is 9.16. The van der Waals surface area contributed by atoms with Gasteiger partial charge in [0.1, 0.15) is 47.0 Å². The molecule has 44 heavy (non-hydrogen) atoms. The van der Waals surface area contributed by atoms with E-state index in [9.17, 15) is 48.7 Å². The summed E-state index contributed by atoms with van der Waals surface area (Å²) in [6.07, 6.45) is -4.17. The predicted octanol–water partition coefficient (Wildman–Crippen LogP) is 9.72. The van der Waals surface area contributed by atoms with Gasteiger partial charge in [-0.2, -0.15) is 22.0 Å². The van der Waals surface area contributed by atoms with Gasteiger partial charge in [-0.1, -0.05) is 30.9 Å². The molecule has 0 bridgehead atoms. The number of rotatable bonds is 8. The van der Waals surface area contributed by atoms with E-state index in [4.69, 9.17) is 4.74 Å². The van der Waals surface area contributed by atoms with Gasteiger partial charge in [-0.3, -0.25) is 0 Å². The van der Waals surface area contributed by atoms with Crippen LogP contribution in [0, 0.1) is 29.1 Å². The van der Waals surface area contributed by atoms with Crippen LogP contribution >= 0.6 is 0 Å². The molecule has 0 N–H and O–H groups in total. The summed E-state index contributed by atoms with van der Waals surface area (Å²) >= 11 is 0. The van der Waals surface area contributed by atoms with Gasteiger partial charge in [-0.25, -0.2) is 26.7 Å². The van der Waals surface area contributed by atoms with Crippen molar-refractivity contribution >= 4 is 11.8 Å². The Morgan fingerprint density at radius 2 is 1.32 bits per heavy atom. The third kappa shape index (κ3) is 6.77. The van der Waals surface area contributed by atoms with E-state index in [1.807, 2.05) is 0 Å². The third-order valence-corrected chi connectivity index (χ3v) is 6.01. The van der Waals surface area contributed by atoms with Crippen molar-refractivity contribution in [2.45, 2.75) is 6.18 Å². The first kappa shape index (κ1) is 31.9. The van der Waals surface area contributed by atoms with Crippen molar-refractivity contribution in [1.82, 2.24) is 0 Å². The van der Waals surface area contributed by atoms with Gasteiger partial charge in [0.2, 0.25) is 5.83 Å². The fourth-order valence-corrected chi connectivity index (χ4v) is 4.00. The lowest BCUT2D eigenvalue weighted by molar-refractivity contribution is -0.142. The van der Waals surface area contributed by atoms with Gasteiger partial charge in [0.15, 0.2) is 0 Å². The molecular weight excluding hydrogens is 610 g/mol. The fourth-order valence-electron chi connectivity index (χ4n) is 4.00. The lowest BCUT2D eigenvalue weighted by Gasteiger charge is -2.13. The molecule has 0 aliphatic rings. The monoisotopic (exact) mass is 626 g/mol. The van der Waals surface area contributed by atoms with Crippen molar-refractivity contribution in [2.24, 2.45) is 0 Å². The fraction of sp³-hybridized carbons (Fsp3) is 0.0645. The van der Waals surface area contributed by atoms with Crippen molar-refractivity contribution < 1.29 is 58.2 Å². The molecule has 4 rings (SSSR count). The van der Waals surface area contributed by atoms with Gasteiger partial charge in [0, 0.05) is 22.8 Å². The number of benzene rings is 4. The maximum Gasteiger partial charge on any atom is 0.422 e. The molecule has 0 spiro atoms. The van der Waals surface area contributed by atoms with E-state index in [0.717, 1.165) is 48.5 Å². The molecular formula is C31H16F10O3. The normalized spacial score (nSPS) is 12.0. The van der Waals surface area contributed by atoms with Crippen LogP contribution in [-0.4, -0.2) is 12.6 Å². The zero-order valence-electron chi connectivity index (χ0n) is 21.8. The summed E-state index contributed by atoms with van der Waals surface area (Å²) in [5, 5.41) is 0. The van der Waals surface area contributed by atoms with Gasteiger partial charge in [-0.15, -0.1) is 0 Å². The van der Waals surface area contributed by atoms with Crippen molar-refractivity contribution in [2.75, 3.05) is 6.61 Å². The van der Waals surface area contributed by atoms with E-state index in [1.54, 1.807) is 0 Å². The minimum absolute atomic E-state index is 0.101. The molecule has 0 saturated heterocycles. The lowest BCUT2D eigenvalue weighted by atomic mass is 9.98. The summed E-state index contributed by atoms with van der Waals surface area (Å²) in [6.45, 7) is 2.91. The van der Waals surface area contributed by atoms with Crippen LogP contribution in [-0.2, 0) is 10.9 Å². The summed E-state index contributed by atoms with van der Waals surface area (Å²) < 4.78 is 148. The number of hydrogen-bond acceptors (Lipinski definition) is 3. The molecule has 3 nitrogen and oxygen atoms in total. The molecule has 0 radical (unpaired) electrons. The summed E-state index contributed by atoms with van der Waals surface area (Å²) in [5.41, 5.74) is -4.76. The summed E-state index contributed by atoms with van der Waals surface area (Å²) in [4.78, 5) is 12.4. The molecule has 0 aliphatic carbocycles. The molecule has 13 heteroatoms. The third-order valence-electron chi connectivity index (χ3n) is 6.01. The van der Waals surface area contributed by atoms with Crippen molar-refractivity contribution in [3.05, 3.63) is 131 Å². The highest BCUT2D eigenvalue weighted by Gasteiger charge is 2.38. The maximum absolute atomic E-state index is 14.9. The highest BCUT2D eigenvalue weighted by molar-refractivity contribution is 5.91. The number of ether oxygens (including phenoxy) is 2. The predicted molar refractivity (Wildman–Crippen MR) is 139 cm³/mol. The zero-order valence-corrected chi connectivity index (χ0v) is 21.8. The van der Waals surface area contributed by atoms with Gasteiger partial charge in [-0.05, 0) is 53.6 Å². The molecule has 0 saturated carbocycles. The Morgan fingerprint density at radius 3 is 1.89 bits per heavy atom. The minimum Gasteiger partial charge on any atom is -0.464 e. The topological polar surface area (TPSA) is 35.5 Å². The van der Waals surface area contributed by atoms with Crippen LogP contribution in [0.15, 0.2) is 85.4 Å². The van der Waals surface area contributed by atoms with Crippen LogP contribution < -0.4 is 4.74 Å². The molecule has 0 aliphatic heterocycles. The van der Waals surface area contributed by atoms with Crippen LogP contribution in [0.25, 0.3) is 28.1 Å². The zero-order chi connectivity index (χ0) is 32.3. The largest absolute Gasteiger partial charge is 0.464 e. The Bertz CT molecular complexity index is 1770. The van der Waals surface area contributed by atoms with Crippen LogP contribution in [0.1, 0.15) is 21.5 Å². The molecule has 0 amide bonds. The van der Waals surface area contributed by atoms with Gasteiger partial charge in [0.05, 0.1) is 5.56 Å². The number of alkyl halides is 3. The minimum atomic E-state index is -5.31. The van der Waals surface area contributed by atoms with Crippen LogP contribution in [0.5, 0.6) is 5.75 Å². The lowest BCUT2D eigenvalue weighted by Crippen LogP contribution is -2.11. The SMILES string of the molecule is C=CCOC(F)=C(F)c1ccc(C(=O)Oc2ccc(-c3ccc(-c4cc(F)c(C(F)(F)F)c(F)c4)c(F)c3)c(F)c2)c(F)c1. The molecule has 0 fully saturated rings. The molecule has 4 aromatic carbocycles. The number of carbonyl (C=O) groups is 1. The number of esters is 1. The van der Waals surface area contributed by atoms with Crippen LogP contribution in [0.3, 0.4) is 0 Å². The van der Waals surface area contributed by atoms with Gasteiger partial charge < -0.3 is 9.47 Å². The first-order valence-electron chi connectivity index (χ1n) is 12.2. The van der Waals surface area contributed by atoms with Crippen molar-refractivity contribution in [1.29, 1.82) is 0 Å². The smallest absolute Gasteiger partial charge is 0.422 e. The maximum atomic E-state index is 14.9. The Balaban J connectivity index is 1.54. The van der Waals surface area contributed by atoms with E-state index in [2.05, 4.69) is 11.3 Å². The summed E-state index contributed by atoms with van der Waals surface area (Å²) in [6, 6.07) is 6.90. The molecule has 0 heterocycles. The number of halogens is 10. The standard InChI is InChI=1S/C31H16F10O3/c1-2-9-43-29(38)28(37)16-4-7-21(23(33)11-16)30(42)44-18-5-8-19(24(34)14-18)15-3-6-20(22(32)10-15)17-12-25(35)27(26(36)13-17)31(39,40)41/h2-8,10-14H,1,9H2. The molecule has 4 aromatic rings. The molecule has 0 atom stereocenters. The number of hydrogen-bond donors (Lipinski definition) is 0. The average Bonchev–Trinajstić information content (AvgIpc) is 2.94. The Hall–Kier alpha value is -5.07. The highest BCUT2D eigenvalue weighted by atomic mass is 19.4. The van der Waals surface area contributed by atoms with Crippen LogP contribution in [0.4, 0.5) is 43.9 Å². The molecule has 0 aromatic heterocycles. The summed E-state index contributed by atoms with van der Waals surface area (Å²) in [7, 11) is 0. The number of carbonyl (C=O) groups excluding carboxylic acids is 1. The second kappa shape index (κ2) is 12.7. The first-order valence-corrected chi connectivity index (χ1v) is 12.2. The van der Waals surface area contributed by atoms with E-state index in [0.29, 0.717) is 24.3 Å². The first-order chi connectivity index (χ1) is 20.7. The Labute approximate surface area is 242 Å². The second-order valence-corrected chi connectivity index (χ2v) is 8.92. The quantitative estimate of drug-likeness (QED) is 0.0643. The van der Waals surface area contributed by atoms with E-state index >= 15 is 0 Å². The van der Waals surface area contributed by atoms with E-state index < -0.39 is 86.6 Å². The second-order valence-electron chi connectivity index (χ2n) is 8.92. The van der Waals surface area contributed by atoms with E-state index in [-0.39, 0.29) is 17.7 Å². The highest BCUT2D eigenvalue weighted by Crippen LogP contribution is 2.37. The average molecular weight is 626 g/mol.